The van der Waals surface area contributed by atoms with Crippen LogP contribution >= 0.6 is 0 Å². The summed E-state index contributed by atoms with van der Waals surface area (Å²) in [6.07, 6.45) is 0. The Hall–Kier alpha value is -4.98. The average Bonchev–Trinajstić information content (AvgIpc) is 2.86. The van der Waals surface area contributed by atoms with Crippen LogP contribution in [0, 0.1) is 5.41 Å². The first kappa shape index (κ1) is 26.6. The van der Waals surface area contributed by atoms with E-state index in [1.54, 1.807) is 36.3 Å². The second kappa shape index (κ2) is 11.6. The summed E-state index contributed by atoms with van der Waals surface area (Å²) in [6, 6.07) is 10.2. The summed E-state index contributed by atoms with van der Waals surface area (Å²) in [5.41, 5.74) is 14.6. The van der Waals surface area contributed by atoms with E-state index < -0.39 is 24.0 Å². The fourth-order valence-corrected chi connectivity index (χ4v) is 3.06. The van der Waals surface area contributed by atoms with Gasteiger partial charge in [0.05, 0.1) is 5.56 Å². The third-order valence-electron chi connectivity index (χ3n) is 5.13. The molecule has 1 aromatic heterocycles. The molecule has 1 amide bonds. The number of hydrogen-bond acceptors (Lipinski definition) is 10. The van der Waals surface area contributed by atoms with E-state index in [1.165, 1.54) is 18.2 Å². The molecule has 0 radical (unpaired) electrons. The van der Waals surface area contributed by atoms with Gasteiger partial charge in [-0.3, -0.25) is 20.4 Å². The van der Waals surface area contributed by atoms with Gasteiger partial charge in [-0.2, -0.15) is 0 Å². The van der Waals surface area contributed by atoms with E-state index in [1.807, 2.05) is 6.92 Å². The van der Waals surface area contributed by atoms with E-state index in [0.29, 0.717) is 12.1 Å². The topological polar surface area (TPSA) is 215 Å². The molecule has 1 heterocycles. The number of anilines is 2. The maximum atomic E-state index is 13.1. The number of amidine groups is 1. The van der Waals surface area contributed by atoms with Crippen molar-refractivity contribution in [3.63, 3.8) is 0 Å². The van der Waals surface area contributed by atoms with Crippen molar-refractivity contribution in [1.82, 2.24) is 25.1 Å². The molecule has 8 N–H and O–H groups in total. The minimum absolute atomic E-state index is 0.00259. The average molecular weight is 510 g/mol. The molecule has 14 heteroatoms. The van der Waals surface area contributed by atoms with E-state index in [-0.39, 0.29) is 41.2 Å². The van der Waals surface area contributed by atoms with Gasteiger partial charge in [-0.25, -0.2) is 14.4 Å². The number of carboxylic acid groups (broad SMARTS) is 1. The van der Waals surface area contributed by atoms with Crippen molar-refractivity contribution in [1.29, 1.82) is 5.41 Å². The van der Waals surface area contributed by atoms with Crippen LogP contribution in [-0.4, -0.2) is 56.2 Å². The molecule has 0 aliphatic heterocycles. The summed E-state index contributed by atoms with van der Waals surface area (Å²) in [5.74, 6) is -1.95. The fraction of sp³-hybridized carbons (Fsp3) is 0.217. The molecular formula is C23H27N9O5. The summed E-state index contributed by atoms with van der Waals surface area (Å²) >= 11 is 0. The van der Waals surface area contributed by atoms with Gasteiger partial charge in [-0.15, -0.1) is 5.10 Å². The molecule has 3 aromatic rings. The van der Waals surface area contributed by atoms with Crippen molar-refractivity contribution >= 4 is 29.2 Å². The lowest BCUT2D eigenvalue weighted by atomic mass is 10.1. The Labute approximate surface area is 211 Å². The summed E-state index contributed by atoms with van der Waals surface area (Å²) in [5, 5.41) is 28.8. The van der Waals surface area contributed by atoms with Crippen molar-refractivity contribution in [3.8, 4) is 11.8 Å². The number of hydrazine groups is 1. The lowest BCUT2D eigenvalue weighted by Crippen LogP contribution is -2.37. The second-order valence-electron chi connectivity index (χ2n) is 7.93. The molecule has 2 aromatic carbocycles. The predicted octanol–water partition coefficient (Wildman–Crippen LogP) is 0.590. The molecule has 0 spiro atoms. The van der Waals surface area contributed by atoms with E-state index in [9.17, 15) is 19.5 Å². The fourth-order valence-electron chi connectivity index (χ4n) is 3.06. The third kappa shape index (κ3) is 7.02. The number of nitrogen functional groups attached to an aromatic ring is 2. The van der Waals surface area contributed by atoms with E-state index in [0.717, 1.165) is 10.1 Å². The molecule has 0 unspecified atom stereocenters. The number of amides is 1. The highest BCUT2D eigenvalue weighted by Crippen LogP contribution is 2.23. The molecule has 14 nitrogen and oxygen atoms in total. The number of carboxylic acids is 1. The van der Waals surface area contributed by atoms with Gasteiger partial charge in [0.2, 0.25) is 11.7 Å². The minimum Gasteiger partial charge on any atom is -0.478 e. The van der Waals surface area contributed by atoms with Crippen LogP contribution in [0.15, 0.2) is 47.3 Å². The van der Waals surface area contributed by atoms with Crippen molar-refractivity contribution < 1.29 is 19.4 Å². The number of carbonyl (C=O) groups excluding carboxylic acids is 1. The van der Waals surface area contributed by atoms with Crippen LogP contribution in [0.1, 0.15) is 28.4 Å². The number of nitrogens with one attached hydrogen (secondary N) is 3. The van der Waals surface area contributed by atoms with Crippen molar-refractivity contribution in [2.45, 2.75) is 20.0 Å². The Morgan fingerprint density at radius 2 is 1.86 bits per heavy atom. The van der Waals surface area contributed by atoms with Crippen LogP contribution in [0.4, 0.5) is 11.5 Å². The first-order valence-electron chi connectivity index (χ1n) is 11.0. The Balaban J connectivity index is 1.87. The first-order chi connectivity index (χ1) is 17.6. The predicted molar refractivity (Wildman–Crippen MR) is 135 cm³/mol. The molecule has 0 bridgehead atoms. The molecular weight excluding hydrogens is 482 g/mol. The number of benzene rings is 2. The standard InChI is InChI=1S/C23H27N9O5/c1-3-31(2)30-20-21(34)32(12-18(33)27-11-13-4-6-14(7-5-13)19(25)26)23(29-28-20)37-17-9-15(22(35)36)8-16(24)10-17/h4-10H,3,11-12,24H2,1-2H3,(H3,25,26)(H,27,33)(H,28,30)(H,35,36). The van der Waals surface area contributed by atoms with Crippen molar-refractivity contribution in [3.05, 3.63) is 69.5 Å². The van der Waals surface area contributed by atoms with Crippen LogP contribution in [0.2, 0.25) is 0 Å². The van der Waals surface area contributed by atoms with Crippen LogP contribution in [-0.2, 0) is 17.9 Å². The number of nitrogens with two attached hydrogens (primary N) is 2. The van der Waals surface area contributed by atoms with Crippen LogP contribution < -0.4 is 32.5 Å². The summed E-state index contributed by atoms with van der Waals surface area (Å²) in [6.45, 7) is 2.09. The zero-order valence-electron chi connectivity index (χ0n) is 20.2. The molecule has 0 saturated heterocycles. The number of ether oxygens (including phenoxy) is 1. The quantitative estimate of drug-likeness (QED) is 0.0910. The number of aromatic carboxylic acids is 1. The normalized spacial score (nSPS) is 10.7. The van der Waals surface area contributed by atoms with Crippen LogP contribution in [0.3, 0.4) is 0 Å². The number of rotatable bonds is 11. The SMILES string of the molecule is CCN(C)Nc1nnc(Oc2cc(N)cc(C(=O)O)c2)n(CC(=O)NCc2ccc(C(=N)N)cc2)c1=O. The van der Waals surface area contributed by atoms with Crippen molar-refractivity contribution in [2.24, 2.45) is 5.73 Å². The summed E-state index contributed by atoms with van der Waals surface area (Å²) in [7, 11) is 1.69. The molecule has 37 heavy (non-hydrogen) atoms. The van der Waals surface area contributed by atoms with Gasteiger partial charge in [0.1, 0.15) is 18.1 Å². The summed E-state index contributed by atoms with van der Waals surface area (Å²) < 4.78 is 6.61. The highest BCUT2D eigenvalue weighted by Gasteiger charge is 2.18. The van der Waals surface area contributed by atoms with Gasteiger partial charge in [0.25, 0.3) is 0 Å². The number of aromatic nitrogens is 3. The van der Waals surface area contributed by atoms with Gasteiger partial charge in [0, 0.05) is 37.5 Å². The zero-order valence-corrected chi connectivity index (χ0v) is 20.2. The highest BCUT2D eigenvalue weighted by molar-refractivity contribution is 5.94. The van der Waals surface area contributed by atoms with Crippen LogP contribution in [0.5, 0.6) is 11.8 Å². The Morgan fingerprint density at radius 1 is 1.16 bits per heavy atom. The van der Waals surface area contributed by atoms with E-state index in [2.05, 4.69) is 20.9 Å². The van der Waals surface area contributed by atoms with Gasteiger partial charge in [0.15, 0.2) is 0 Å². The largest absolute Gasteiger partial charge is 0.478 e. The zero-order chi connectivity index (χ0) is 27.1. The lowest BCUT2D eigenvalue weighted by molar-refractivity contribution is -0.122. The van der Waals surface area contributed by atoms with Gasteiger partial charge < -0.3 is 26.6 Å². The monoisotopic (exact) mass is 509 g/mol. The molecule has 194 valence electrons. The molecule has 0 aliphatic carbocycles. The third-order valence-corrected chi connectivity index (χ3v) is 5.13. The Kier molecular flexibility index (Phi) is 8.37. The molecule has 3 rings (SSSR count). The maximum Gasteiger partial charge on any atom is 0.335 e. The molecule has 0 atom stereocenters. The van der Waals surface area contributed by atoms with Gasteiger partial charge >= 0.3 is 17.5 Å². The smallest absolute Gasteiger partial charge is 0.335 e. The Morgan fingerprint density at radius 3 is 2.49 bits per heavy atom. The van der Waals surface area contributed by atoms with Crippen molar-refractivity contribution in [2.75, 3.05) is 24.8 Å². The molecule has 0 fully saturated rings. The highest BCUT2D eigenvalue weighted by atomic mass is 16.5. The van der Waals surface area contributed by atoms with Crippen LogP contribution in [0.25, 0.3) is 0 Å². The first-order valence-corrected chi connectivity index (χ1v) is 11.0. The molecule has 0 saturated carbocycles. The lowest BCUT2D eigenvalue weighted by Gasteiger charge is -2.17. The minimum atomic E-state index is -1.22. The number of nitrogens with zero attached hydrogens (tertiary/aromatic N) is 4. The molecule has 0 aliphatic rings. The second-order valence-corrected chi connectivity index (χ2v) is 7.93. The summed E-state index contributed by atoms with van der Waals surface area (Å²) in [4.78, 5) is 37.3. The van der Waals surface area contributed by atoms with E-state index in [4.69, 9.17) is 21.6 Å². The number of carbonyl (C=O) groups is 2. The van der Waals surface area contributed by atoms with Gasteiger partial charge in [-0.1, -0.05) is 36.3 Å². The van der Waals surface area contributed by atoms with E-state index >= 15 is 0 Å². The maximum absolute atomic E-state index is 13.1. The Bertz CT molecular complexity index is 1370. The number of hydrogen-bond donors (Lipinski definition) is 6. The van der Waals surface area contributed by atoms with Gasteiger partial charge in [-0.05, 0) is 17.7 Å².